The van der Waals surface area contributed by atoms with E-state index in [1.807, 2.05) is 48.5 Å². The number of benzene rings is 2. The van der Waals surface area contributed by atoms with Gasteiger partial charge in [-0.05, 0) is 31.0 Å². The van der Waals surface area contributed by atoms with Crippen molar-refractivity contribution in [3.05, 3.63) is 66.2 Å². The summed E-state index contributed by atoms with van der Waals surface area (Å²) in [5, 5.41) is 0. The second kappa shape index (κ2) is 7.60. The first-order valence-corrected chi connectivity index (χ1v) is 7.15. The molecule has 1 atom stereocenters. The van der Waals surface area contributed by atoms with Crippen molar-refractivity contribution in [1.82, 2.24) is 0 Å². The molecule has 0 aliphatic rings. The number of hydrogen-bond donors (Lipinski definition) is 0. The lowest BCUT2D eigenvalue weighted by molar-refractivity contribution is -0.127. The number of nitrogens with zero attached hydrogens (tertiary/aromatic N) is 1. The molecule has 0 heterocycles. The Bertz CT molecular complexity index is 554. The summed E-state index contributed by atoms with van der Waals surface area (Å²) in [6.07, 6.45) is 0.374. The van der Waals surface area contributed by atoms with Gasteiger partial charge >= 0.3 is 0 Å². The highest BCUT2D eigenvalue weighted by atomic mass is 16.5. The summed E-state index contributed by atoms with van der Waals surface area (Å²) in [5.74, 6) is -0.0142. The van der Waals surface area contributed by atoms with Gasteiger partial charge in [0, 0.05) is 19.3 Å². The lowest BCUT2D eigenvalue weighted by Crippen LogP contribution is -2.40. The van der Waals surface area contributed by atoms with Crippen LogP contribution < -0.4 is 4.90 Å². The lowest BCUT2D eigenvalue weighted by Gasteiger charge is -2.25. The minimum absolute atomic E-state index is 0.0142. The third kappa shape index (κ3) is 4.17. The molecule has 21 heavy (non-hydrogen) atoms. The molecule has 0 aliphatic heterocycles. The van der Waals surface area contributed by atoms with Gasteiger partial charge in [-0.2, -0.15) is 0 Å². The first kappa shape index (κ1) is 15.3. The third-order valence-corrected chi connectivity index (χ3v) is 3.50. The topological polar surface area (TPSA) is 29.5 Å². The minimum atomic E-state index is -0.444. The summed E-state index contributed by atoms with van der Waals surface area (Å²) in [4.78, 5) is 14.3. The quantitative estimate of drug-likeness (QED) is 0.814. The molecular weight excluding hydrogens is 262 g/mol. The number of methoxy groups -OCH3 is 1. The SMILES string of the molecule is COC(C)C(=O)N(CCc1ccccc1)c1ccccc1. The van der Waals surface area contributed by atoms with Crippen LogP contribution in [0.15, 0.2) is 60.7 Å². The van der Waals surface area contributed by atoms with Crippen LogP contribution in [0.3, 0.4) is 0 Å². The molecule has 2 aromatic rings. The summed E-state index contributed by atoms with van der Waals surface area (Å²) in [5.41, 5.74) is 2.12. The Balaban J connectivity index is 2.14. The van der Waals surface area contributed by atoms with E-state index in [2.05, 4.69) is 12.1 Å². The average molecular weight is 283 g/mol. The van der Waals surface area contributed by atoms with Crippen LogP contribution >= 0.6 is 0 Å². The monoisotopic (exact) mass is 283 g/mol. The van der Waals surface area contributed by atoms with E-state index in [1.54, 1.807) is 18.9 Å². The Hall–Kier alpha value is -2.13. The van der Waals surface area contributed by atoms with E-state index < -0.39 is 6.10 Å². The molecule has 0 saturated heterocycles. The van der Waals surface area contributed by atoms with Crippen LogP contribution in [0, 0.1) is 0 Å². The van der Waals surface area contributed by atoms with E-state index >= 15 is 0 Å². The van der Waals surface area contributed by atoms with Gasteiger partial charge in [0.15, 0.2) is 0 Å². The summed E-state index contributed by atoms with van der Waals surface area (Å²) in [6.45, 7) is 2.42. The number of para-hydroxylation sites is 1. The van der Waals surface area contributed by atoms with Crippen LogP contribution in [0.25, 0.3) is 0 Å². The van der Waals surface area contributed by atoms with Crippen LogP contribution in [-0.4, -0.2) is 25.7 Å². The van der Waals surface area contributed by atoms with Crippen LogP contribution in [0.1, 0.15) is 12.5 Å². The molecule has 3 nitrogen and oxygen atoms in total. The molecule has 0 aromatic heterocycles. The van der Waals surface area contributed by atoms with Gasteiger partial charge in [0.2, 0.25) is 0 Å². The van der Waals surface area contributed by atoms with Crippen molar-refractivity contribution in [1.29, 1.82) is 0 Å². The molecule has 0 bridgehead atoms. The summed E-state index contributed by atoms with van der Waals surface area (Å²) in [6, 6.07) is 19.9. The Morgan fingerprint density at radius 3 is 2.19 bits per heavy atom. The molecule has 0 aliphatic carbocycles. The lowest BCUT2D eigenvalue weighted by atomic mass is 10.1. The number of carbonyl (C=O) groups excluding carboxylic acids is 1. The van der Waals surface area contributed by atoms with Gasteiger partial charge in [-0.1, -0.05) is 48.5 Å². The molecule has 0 fully saturated rings. The van der Waals surface area contributed by atoms with Gasteiger partial charge in [-0.3, -0.25) is 4.79 Å². The highest BCUT2D eigenvalue weighted by molar-refractivity contribution is 5.96. The van der Waals surface area contributed by atoms with Crippen LogP contribution in [-0.2, 0) is 16.0 Å². The predicted octanol–water partition coefficient (Wildman–Crippen LogP) is 3.30. The van der Waals surface area contributed by atoms with Crippen molar-refractivity contribution in [2.24, 2.45) is 0 Å². The van der Waals surface area contributed by atoms with Crippen molar-refractivity contribution in [3.63, 3.8) is 0 Å². The third-order valence-electron chi connectivity index (χ3n) is 3.50. The molecule has 1 unspecified atom stereocenters. The molecule has 0 N–H and O–H groups in total. The number of rotatable bonds is 6. The highest BCUT2D eigenvalue weighted by Gasteiger charge is 2.21. The van der Waals surface area contributed by atoms with Gasteiger partial charge < -0.3 is 9.64 Å². The maximum absolute atomic E-state index is 12.5. The molecule has 0 radical (unpaired) electrons. The van der Waals surface area contributed by atoms with Crippen LogP contribution in [0.2, 0.25) is 0 Å². The summed E-state index contributed by atoms with van der Waals surface area (Å²) < 4.78 is 5.18. The van der Waals surface area contributed by atoms with Crippen molar-refractivity contribution in [2.75, 3.05) is 18.6 Å². The second-order valence-electron chi connectivity index (χ2n) is 4.94. The van der Waals surface area contributed by atoms with Crippen molar-refractivity contribution >= 4 is 11.6 Å². The first-order valence-electron chi connectivity index (χ1n) is 7.15. The zero-order valence-electron chi connectivity index (χ0n) is 12.5. The number of anilines is 1. The van der Waals surface area contributed by atoms with E-state index in [0.717, 1.165) is 12.1 Å². The average Bonchev–Trinajstić information content (AvgIpc) is 2.56. The molecule has 110 valence electrons. The number of carbonyl (C=O) groups is 1. The summed E-state index contributed by atoms with van der Waals surface area (Å²) >= 11 is 0. The molecule has 2 aromatic carbocycles. The van der Waals surface area contributed by atoms with E-state index in [9.17, 15) is 4.79 Å². The Labute approximate surface area is 126 Å². The second-order valence-corrected chi connectivity index (χ2v) is 4.94. The summed E-state index contributed by atoms with van der Waals surface area (Å²) in [7, 11) is 1.56. The molecular formula is C18H21NO2. The largest absolute Gasteiger partial charge is 0.372 e. The fourth-order valence-corrected chi connectivity index (χ4v) is 2.18. The van der Waals surface area contributed by atoms with E-state index in [0.29, 0.717) is 6.54 Å². The molecule has 3 heteroatoms. The number of amides is 1. The number of ether oxygens (including phenoxy) is 1. The molecule has 1 amide bonds. The Kier molecular flexibility index (Phi) is 5.52. The Morgan fingerprint density at radius 2 is 1.62 bits per heavy atom. The van der Waals surface area contributed by atoms with Gasteiger partial charge in [0.05, 0.1) is 0 Å². The smallest absolute Gasteiger partial charge is 0.255 e. The zero-order chi connectivity index (χ0) is 15.1. The molecule has 2 rings (SSSR count). The van der Waals surface area contributed by atoms with Crippen molar-refractivity contribution in [3.8, 4) is 0 Å². The normalized spacial score (nSPS) is 11.9. The van der Waals surface area contributed by atoms with Crippen LogP contribution in [0.4, 0.5) is 5.69 Å². The maximum Gasteiger partial charge on any atom is 0.255 e. The van der Waals surface area contributed by atoms with E-state index in [4.69, 9.17) is 4.74 Å². The predicted molar refractivity (Wildman–Crippen MR) is 85.4 cm³/mol. The number of hydrogen-bond acceptors (Lipinski definition) is 2. The minimum Gasteiger partial charge on any atom is -0.372 e. The first-order chi connectivity index (χ1) is 10.2. The van der Waals surface area contributed by atoms with Gasteiger partial charge in [-0.25, -0.2) is 0 Å². The standard InChI is InChI=1S/C18H21NO2/c1-15(21-2)18(20)19(17-11-7-4-8-12-17)14-13-16-9-5-3-6-10-16/h3-12,15H,13-14H2,1-2H3. The van der Waals surface area contributed by atoms with E-state index in [-0.39, 0.29) is 5.91 Å². The zero-order valence-corrected chi connectivity index (χ0v) is 12.5. The molecule has 0 spiro atoms. The van der Waals surface area contributed by atoms with E-state index in [1.165, 1.54) is 5.56 Å². The fourth-order valence-electron chi connectivity index (χ4n) is 2.18. The fraction of sp³-hybridized carbons (Fsp3) is 0.278. The van der Waals surface area contributed by atoms with Gasteiger partial charge in [0.25, 0.3) is 5.91 Å². The highest BCUT2D eigenvalue weighted by Crippen LogP contribution is 2.16. The van der Waals surface area contributed by atoms with Crippen molar-refractivity contribution < 1.29 is 9.53 Å². The van der Waals surface area contributed by atoms with Crippen molar-refractivity contribution in [2.45, 2.75) is 19.4 Å². The van der Waals surface area contributed by atoms with Crippen LogP contribution in [0.5, 0.6) is 0 Å². The Morgan fingerprint density at radius 1 is 1.05 bits per heavy atom. The van der Waals surface area contributed by atoms with Gasteiger partial charge in [0.1, 0.15) is 6.10 Å². The maximum atomic E-state index is 12.5. The molecule has 0 saturated carbocycles. The van der Waals surface area contributed by atoms with Gasteiger partial charge in [-0.15, -0.1) is 0 Å².